The fraction of sp³-hybridized carbons (Fsp3) is 0.250. The molecule has 0 aliphatic rings. The van der Waals surface area contributed by atoms with Crippen molar-refractivity contribution in [3.8, 4) is 11.5 Å². The van der Waals surface area contributed by atoms with Crippen molar-refractivity contribution in [1.82, 2.24) is 0 Å². The van der Waals surface area contributed by atoms with Gasteiger partial charge in [0.25, 0.3) is 0 Å². The van der Waals surface area contributed by atoms with Gasteiger partial charge in [-0.1, -0.05) is 29.8 Å². The molecule has 0 amide bonds. The monoisotopic (exact) mass is 291 g/mol. The highest BCUT2D eigenvalue weighted by molar-refractivity contribution is 6.32. The largest absolute Gasteiger partial charge is 0.456 e. The molecule has 0 bridgehead atoms. The molecule has 2 rings (SSSR count). The summed E-state index contributed by atoms with van der Waals surface area (Å²) in [4.78, 5) is 0. The summed E-state index contributed by atoms with van der Waals surface area (Å²) >= 11 is 6.19. The van der Waals surface area contributed by atoms with Crippen LogP contribution in [0.15, 0.2) is 42.5 Å². The van der Waals surface area contributed by atoms with E-state index in [1.165, 1.54) is 0 Å². The van der Waals surface area contributed by atoms with Crippen LogP contribution >= 0.6 is 11.6 Å². The lowest BCUT2D eigenvalue weighted by Crippen LogP contribution is -2.04. The van der Waals surface area contributed by atoms with Crippen LogP contribution in [-0.2, 0) is 6.42 Å². The van der Waals surface area contributed by atoms with E-state index in [4.69, 9.17) is 27.2 Å². The molecule has 1 atom stereocenters. The second-order valence-electron chi connectivity index (χ2n) is 4.70. The lowest BCUT2D eigenvalue weighted by atomic mass is 10.1. The third-order valence-corrected chi connectivity index (χ3v) is 3.33. The highest BCUT2D eigenvalue weighted by atomic mass is 35.5. The van der Waals surface area contributed by atoms with Crippen molar-refractivity contribution in [2.75, 3.05) is 6.61 Å². The minimum Gasteiger partial charge on any atom is -0.456 e. The predicted octanol–water partition coefficient (Wildman–Crippen LogP) is 3.69. The topological polar surface area (TPSA) is 55.5 Å². The van der Waals surface area contributed by atoms with E-state index in [1.54, 1.807) is 0 Å². The SMILES string of the molecule is C[C@@H](N)c1ccc(Oc2ccc(CCO)cc2)c(Cl)c1. The van der Waals surface area contributed by atoms with Crippen LogP contribution in [0.2, 0.25) is 5.02 Å². The second kappa shape index (κ2) is 6.75. The molecule has 3 nitrogen and oxygen atoms in total. The molecule has 3 N–H and O–H groups in total. The zero-order valence-electron chi connectivity index (χ0n) is 11.3. The van der Waals surface area contributed by atoms with Crippen LogP contribution in [0.25, 0.3) is 0 Å². The Morgan fingerprint density at radius 3 is 2.45 bits per heavy atom. The van der Waals surface area contributed by atoms with Gasteiger partial charge in [-0.05, 0) is 48.7 Å². The summed E-state index contributed by atoms with van der Waals surface area (Å²) in [5, 5.41) is 9.41. The van der Waals surface area contributed by atoms with E-state index >= 15 is 0 Å². The normalized spacial score (nSPS) is 12.2. The number of ether oxygens (including phenoxy) is 1. The Bertz CT molecular complexity index is 567. The number of halogens is 1. The molecule has 20 heavy (non-hydrogen) atoms. The molecule has 0 spiro atoms. The van der Waals surface area contributed by atoms with E-state index in [0.29, 0.717) is 22.9 Å². The zero-order valence-corrected chi connectivity index (χ0v) is 12.1. The third kappa shape index (κ3) is 3.73. The molecule has 0 radical (unpaired) electrons. The Balaban J connectivity index is 2.13. The highest BCUT2D eigenvalue weighted by Crippen LogP contribution is 2.31. The zero-order chi connectivity index (χ0) is 14.5. The van der Waals surface area contributed by atoms with Crippen molar-refractivity contribution in [2.45, 2.75) is 19.4 Å². The van der Waals surface area contributed by atoms with E-state index in [2.05, 4.69) is 0 Å². The molecule has 0 fully saturated rings. The lowest BCUT2D eigenvalue weighted by molar-refractivity contribution is 0.299. The maximum atomic E-state index is 8.87. The van der Waals surface area contributed by atoms with Gasteiger partial charge >= 0.3 is 0 Å². The Morgan fingerprint density at radius 1 is 1.20 bits per heavy atom. The van der Waals surface area contributed by atoms with Gasteiger partial charge in [-0.15, -0.1) is 0 Å². The number of nitrogens with two attached hydrogens (primary N) is 1. The summed E-state index contributed by atoms with van der Waals surface area (Å²) in [5.74, 6) is 1.31. The molecule has 2 aromatic rings. The lowest BCUT2D eigenvalue weighted by Gasteiger charge is -2.11. The van der Waals surface area contributed by atoms with Crippen LogP contribution in [0.1, 0.15) is 24.1 Å². The van der Waals surface area contributed by atoms with Crippen LogP contribution in [0.5, 0.6) is 11.5 Å². The minimum atomic E-state index is -0.0562. The first-order valence-corrected chi connectivity index (χ1v) is 6.90. The Labute approximate surface area is 123 Å². The van der Waals surface area contributed by atoms with Gasteiger partial charge in [-0.3, -0.25) is 0 Å². The molecule has 0 aliphatic heterocycles. The highest BCUT2D eigenvalue weighted by Gasteiger charge is 2.07. The van der Waals surface area contributed by atoms with Crippen LogP contribution in [0.3, 0.4) is 0 Å². The summed E-state index contributed by atoms with van der Waals surface area (Å²) < 4.78 is 5.74. The van der Waals surface area contributed by atoms with Gasteiger partial charge < -0.3 is 15.6 Å². The number of rotatable bonds is 5. The number of benzene rings is 2. The van der Waals surface area contributed by atoms with E-state index in [9.17, 15) is 0 Å². The first-order valence-electron chi connectivity index (χ1n) is 6.53. The van der Waals surface area contributed by atoms with Gasteiger partial charge in [-0.25, -0.2) is 0 Å². The second-order valence-corrected chi connectivity index (χ2v) is 5.11. The average molecular weight is 292 g/mol. The molecule has 0 saturated carbocycles. The summed E-state index contributed by atoms with van der Waals surface area (Å²) in [6.07, 6.45) is 0.643. The van der Waals surface area contributed by atoms with Crippen LogP contribution in [0, 0.1) is 0 Å². The summed E-state index contributed by atoms with van der Waals surface area (Å²) in [5.41, 5.74) is 7.85. The van der Waals surface area contributed by atoms with Crippen LogP contribution in [-0.4, -0.2) is 11.7 Å². The summed E-state index contributed by atoms with van der Waals surface area (Å²) in [7, 11) is 0. The number of aliphatic hydroxyl groups is 1. The van der Waals surface area contributed by atoms with Gasteiger partial charge in [-0.2, -0.15) is 0 Å². The van der Waals surface area contributed by atoms with Gasteiger partial charge in [0.2, 0.25) is 0 Å². The minimum absolute atomic E-state index is 0.0562. The van der Waals surface area contributed by atoms with E-state index in [0.717, 1.165) is 11.1 Å². The predicted molar refractivity (Wildman–Crippen MR) is 81.4 cm³/mol. The van der Waals surface area contributed by atoms with Crippen LogP contribution < -0.4 is 10.5 Å². The van der Waals surface area contributed by atoms with Gasteiger partial charge in [0.1, 0.15) is 11.5 Å². The average Bonchev–Trinajstić information content (AvgIpc) is 2.43. The van der Waals surface area contributed by atoms with Crippen molar-refractivity contribution in [1.29, 1.82) is 0 Å². The molecule has 0 unspecified atom stereocenters. The quantitative estimate of drug-likeness (QED) is 0.883. The molecule has 4 heteroatoms. The van der Waals surface area contributed by atoms with Gasteiger partial charge in [0.05, 0.1) is 5.02 Å². The smallest absolute Gasteiger partial charge is 0.146 e. The molecular formula is C16H18ClNO2. The number of hydrogen-bond donors (Lipinski definition) is 2. The molecule has 0 aromatic heterocycles. The third-order valence-electron chi connectivity index (χ3n) is 3.03. The molecule has 0 aliphatic carbocycles. The van der Waals surface area contributed by atoms with E-state index < -0.39 is 0 Å². The standard InChI is InChI=1S/C16H18ClNO2/c1-11(18)13-4-7-16(15(17)10-13)20-14-5-2-12(3-6-14)8-9-19/h2-7,10-11,19H,8-9,18H2,1H3/t11-/m1/s1. The molecule has 2 aromatic carbocycles. The Hall–Kier alpha value is -1.55. The van der Waals surface area contributed by atoms with Gasteiger partial charge in [0.15, 0.2) is 0 Å². The van der Waals surface area contributed by atoms with Crippen molar-refractivity contribution in [3.05, 3.63) is 58.6 Å². The molecule has 0 heterocycles. The van der Waals surface area contributed by atoms with Crippen LogP contribution in [0.4, 0.5) is 0 Å². The first kappa shape index (κ1) is 14.9. The Morgan fingerprint density at radius 2 is 1.90 bits per heavy atom. The molecular weight excluding hydrogens is 274 g/mol. The van der Waals surface area contributed by atoms with Crippen molar-refractivity contribution in [2.24, 2.45) is 5.73 Å². The van der Waals surface area contributed by atoms with Crippen molar-refractivity contribution in [3.63, 3.8) is 0 Å². The molecule has 0 saturated heterocycles. The van der Waals surface area contributed by atoms with Gasteiger partial charge in [0, 0.05) is 12.6 Å². The van der Waals surface area contributed by atoms with E-state index in [-0.39, 0.29) is 12.6 Å². The number of aliphatic hydroxyl groups excluding tert-OH is 1. The maximum absolute atomic E-state index is 8.87. The summed E-state index contributed by atoms with van der Waals surface area (Å²) in [6.45, 7) is 2.05. The molecule has 106 valence electrons. The fourth-order valence-electron chi connectivity index (χ4n) is 1.86. The summed E-state index contributed by atoms with van der Waals surface area (Å²) in [6, 6.07) is 13.1. The fourth-order valence-corrected chi connectivity index (χ4v) is 2.09. The Kier molecular flexibility index (Phi) is 5.01. The maximum Gasteiger partial charge on any atom is 0.146 e. The number of hydrogen-bond acceptors (Lipinski definition) is 3. The van der Waals surface area contributed by atoms with E-state index in [1.807, 2.05) is 49.4 Å². The van der Waals surface area contributed by atoms with Crippen molar-refractivity contribution >= 4 is 11.6 Å². The first-order chi connectivity index (χ1) is 9.60. The van der Waals surface area contributed by atoms with Crippen molar-refractivity contribution < 1.29 is 9.84 Å².